The van der Waals surface area contributed by atoms with E-state index in [1.54, 1.807) is 23.7 Å². The number of esters is 1. The zero-order valence-corrected chi connectivity index (χ0v) is 10.2. The van der Waals surface area contributed by atoms with Crippen LogP contribution >= 0.6 is 11.3 Å². The number of aromatic amines is 1. The molecule has 0 saturated heterocycles. The number of carbonyl (C=O) groups excluding carboxylic acids is 1. The maximum Gasteiger partial charge on any atom is 0.337 e. The van der Waals surface area contributed by atoms with Crippen LogP contribution in [0.15, 0.2) is 28.5 Å². The van der Waals surface area contributed by atoms with Gasteiger partial charge in [0, 0.05) is 5.39 Å². The fraction of sp³-hybridized carbons (Fsp3) is 0.0833. The fourth-order valence-electron chi connectivity index (χ4n) is 1.87. The number of benzene rings is 1. The Kier molecular flexibility index (Phi) is 2.38. The second-order valence-electron chi connectivity index (χ2n) is 3.74. The van der Waals surface area contributed by atoms with Crippen LogP contribution in [0.4, 0.5) is 0 Å². The molecule has 1 N–H and O–H groups in total. The molecule has 3 aromatic rings. The Hall–Kier alpha value is -2.21. The smallest absolute Gasteiger partial charge is 0.337 e. The van der Waals surface area contributed by atoms with Crippen molar-refractivity contribution in [2.75, 3.05) is 7.11 Å². The molecule has 6 heteroatoms. The average Bonchev–Trinajstić information content (AvgIpc) is 2.87. The Labute approximate surface area is 105 Å². The molecule has 0 aliphatic carbocycles. The molecule has 18 heavy (non-hydrogen) atoms. The van der Waals surface area contributed by atoms with Crippen molar-refractivity contribution in [1.29, 1.82) is 0 Å². The van der Waals surface area contributed by atoms with Gasteiger partial charge in [-0.3, -0.25) is 4.79 Å². The van der Waals surface area contributed by atoms with Gasteiger partial charge in [0.2, 0.25) is 0 Å². The second-order valence-corrected chi connectivity index (χ2v) is 4.59. The summed E-state index contributed by atoms with van der Waals surface area (Å²) in [6.45, 7) is 0. The van der Waals surface area contributed by atoms with E-state index in [2.05, 4.69) is 14.7 Å². The number of ether oxygens (including phenoxy) is 1. The Bertz CT molecular complexity index is 819. The average molecular weight is 260 g/mol. The Morgan fingerprint density at radius 2 is 2.28 bits per heavy atom. The van der Waals surface area contributed by atoms with Gasteiger partial charge in [-0.15, -0.1) is 11.3 Å². The molecule has 0 atom stereocenters. The fourth-order valence-corrected chi connectivity index (χ4v) is 2.70. The first-order chi connectivity index (χ1) is 8.70. The van der Waals surface area contributed by atoms with Crippen LogP contribution in [0.5, 0.6) is 0 Å². The number of rotatable bonds is 1. The molecule has 0 unspecified atom stereocenters. The number of aromatic nitrogens is 2. The van der Waals surface area contributed by atoms with E-state index in [0.29, 0.717) is 16.6 Å². The SMILES string of the molecule is COC(=O)c1ccc2c(c1)[nH]c(=O)c1ncsc12. The van der Waals surface area contributed by atoms with E-state index in [-0.39, 0.29) is 5.56 Å². The van der Waals surface area contributed by atoms with Gasteiger partial charge in [0.15, 0.2) is 0 Å². The van der Waals surface area contributed by atoms with Gasteiger partial charge in [-0.05, 0) is 12.1 Å². The van der Waals surface area contributed by atoms with Crippen molar-refractivity contribution >= 4 is 38.4 Å². The molecule has 0 aliphatic rings. The van der Waals surface area contributed by atoms with Gasteiger partial charge in [-0.1, -0.05) is 6.07 Å². The lowest BCUT2D eigenvalue weighted by Crippen LogP contribution is -2.07. The van der Waals surface area contributed by atoms with E-state index < -0.39 is 5.97 Å². The van der Waals surface area contributed by atoms with Gasteiger partial charge in [-0.2, -0.15) is 0 Å². The lowest BCUT2D eigenvalue weighted by atomic mass is 10.1. The van der Waals surface area contributed by atoms with E-state index >= 15 is 0 Å². The third kappa shape index (κ3) is 1.50. The number of methoxy groups -OCH3 is 1. The van der Waals surface area contributed by atoms with Crippen LogP contribution in [0.2, 0.25) is 0 Å². The van der Waals surface area contributed by atoms with E-state index in [4.69, 9.17) is 0 Å². The van der Waals surface area contributed by atoms with E-state index in [1.807, 2.05) is 0 Å². The van der Waals surface area contributed by atoms with Gasteiger partial charge in [0.25, 0.3) is 5.56 Å². The first-order valence-corrected chi connectivity index (χ1v) is 6.06. The largest absolute Gasteiger partial charge is 0.465 e. The van der Waals surface area contributed by atoms with Crippen molar-refractivity contribution in [2.24, 2.45) is 0 Å². The minimum absolute atomic E-state index is 0.249. The first kappa shape index (κ1) is 10.9. The van der Waals surface area contributed by atoms with Crippen molar-refractivity contribution in [3.05, 3.63) is 39.6 Å². The maximum atomic E-state index is 11.8. The number of H-pyrrole nitrogens is 1. The molecule has 0 fully saturated rings. The molecule has 90 valence electrons. The Morgan fingerprint density at radius 3 is 3.06 bits per heavy atom. The lowest BCUT2D eigenvalue weighted by Gasteiger charge is -2.02. The van der Waals surface area contributed by atoms with Crippen molar-refractivity contribution in [3.8, 4) is 0 Å². The number of pyridine rings is 1. The lowest BCUT2D eigenvalue weighted by molar-refractivity contribution is 0.0601. The Balaban J connectivity index is 2.39. The quantitative estimate of drug-likeness (QED) is 0.678. The molecular weight excluding hydrogens is 252 g/mol. The molecular formula is C12H8N2O3S. The molecule has 5 nitrogen and oxygen atoms in total. The highest BCUT2D eigenvalue weighted by Crippen LogP contribution is 2.24. The second kappa shape index (κ2) is 3.92. The van der Waals surface area contributed by atoms with Crippen molar-refractivity contribution < 1.29 is 9.53 Å². The number of thiazole rings is 1. The van der Waals surface area contributed by atoms with Crippen molar-refractivity contribution in [1.82, 2.24) is 9.97 Å². The monoisotopic (exact) mass is 260 g/mol. The number of carbonyl (C=O) groups is 1. The zero-order valence-electron chi connectivity index (χ0n) is 9.39. The summed E-state index contributed by atoms with van der Waals surface area (Å²) in [7, 11) is 1.32. The van der Waals surface area contributed by atoms with Crippen LogP contribution in [-0.4, -0.2) is 23.0 Å². The van der Waals surface area contributed by atoms with Crippen LogP contribution in [0.25, 0.3) is 21.1 Å². The van der Waals surface area contributed by atoms with Crippen LogP contribution in [0, 0.1) is 0 Å². The predicted molar refractivity (Wildman–Crippen MR) is 69.1 cm³/mol. The number of hydrogen-bond donors (Lipinski definition) is 1. The first-order valence-electron chi connectivity index (χ1n) is 5.18. The van der Waals surface area contributed by atoms with Gasteiger partial charge in [-0.25, -0.2) is 9.78 Å². The molecule has 0 spiro atoms. The Morgan fingerprint density at radius 1 is 1.44 bits per heavy atom. The van der Waals surface area contributed by atoms with Crippen LogP contribution in [-0.2, 0) is 4.74 Å². The summed E-state index contributed by atoms with van der Waals surface area (Å²) in [4.78, 5) is 30.0. The molecule has 0 bridgehead atoms. The molecule has 0 saturated carbocycles. The summed E-state index contributed by atoms with van der Waals surface area (Å²) in [6.07, 6.45) is 0. The highest BCUT2D eigenvalue weighted by Gasteiger charge is 2.11. The van der Waals surface area contributed by atoms with Crippen LogP contribution in [0.3, 0.4) is 0 Å². The molecule has 0 aliphatic heterocycles. The van der Waals surface area contributed by atoms with E-state index in [1.165, 1.54) is 18.4 Å². The number of hydrogen-bond acceptors (Lipinski definition) is 5. The highest BCUT2D eigenvalue weighted by atomic mass is 32.1. The zero-order chi connectivity index (χ0) is 12.7. The highest BCUT2D eigenvalue weighted by molar-refractivity contribution is 7.17. The van der Waals surface area contributed by atoms with Crippen molar-refractivity contribution in [2.45, 2.75) is 0 Å². The molecule has 1 aromatic carbocycles. The summed E-state index contributed by atoms with van der Waals surface area (Å²) in [6, 6.07) is 5.07. The third-order valence-electron chi connectivity index (χ3n) is 2.72. The van der Waals surface area contributed by atoms with Gasteiger partial charge >= 0.3 is 5.97 Å². The minimum Gasteiger partial charge on any atom is -0.465 e. The van der Waals surface area contributed by atoms with Crippen LogP contribution in [0.1, 0.15) is 10.4 Å². The topological polar surface area (TPSA) is 72.1 Å². The summed E-state index contributed by atoms with van der Waals surface area (Å²) in [5.74, 6) is -0.429. The molecule has 0 radical (unpaired) electrons. The van der Waals surface area contributed by atoms with E-state index in [9.17, 15) is 9.59 Å². The van der Waals surface area contributed by atoms with Crippen molar-refractivity contribution in [3.63, 3.8) is 0 Å². The summed E-state index contributed by atoms with van der Waals surface area (Å²) < 4.78 is 5.47. The molecule has 2 heterocycles. The summed E-state index contributed by atoms with van der Waals surface area (Å²) >= 11 is 1.40. The van der Waals surface area contributed by atoms with E-state index in [0.717, 1.165) is 10.1 Å². The normalized spacial score (nSPS) is 10.9. The minimum atomic E-state index is -0.429. The van der Waals surface area contributed by atoms with Gasteiger partial charge in [0.1, 0.15) is 5.52 Å². The molecule has 3 rings (SSSR count). The maximum absolute atomic E-state index is 11.8. The summed E-state index contributed by atoms with van der Waals surface area (Å²) in [5.41, 5.74) is 2.83. The van der Waals surface area contributed by atoms with Crippen LogP contribution < -0.4 is 5.56 Å². The number of nitrogens with one attached hydrogen (secondary N) is 1. The van der Waals surface area contributed by atoms with Gasteiger partial charge in [0.05, 0.1) is 28.4 Å². The summed E-state index contributed by atoms with van der Waals surface area (Å²) in [5, 5.41) is 0.875. The number of nitrogens with zero attached hydrogens (tertiary/aromatic N) is 1. The standard InChI is InChI=1S/C12H8N2O3S/c1-17-12(16)6-2-3-7-8(4-6)14-11(15)9-10(7)18-5-13-9/h2-5H,1H3,(H,14,15). The predicted octanol–water partition coefficient (Wildman–Crippen LogP) is 1.92. The molecule has 2 aromatic heterocycles. The van der Waals surface area contributed by atoms with Gasteiger partial charge < -0.3 is 9.72 Å². The number of fused-ring (bicyclic) bond motifs is 3. The molecule has 0 amide bonds. The third-order valence-corrected chi connectivity index (χ3v) is 3.58.